The number of phosphoric acid groups is 1. The van der Waals surface area contributed by atoms with E-state index < -0.39 is 87.2 Å². The van der Waals surface area contributed by atoms with Gasteiger partial charge < -0.3 is 23.7 Å². The number of nitrogens with zero attached hydrogens (tertiary/aromatic N) is 2. The monoisotopic (exact) mass is 593 g/mol. The normalized spacial score (nSPS) is 22.7. The number of anilines is 1. The van der Waals surface area contributed by atoms with Gasteiger partial charge in [0.1, 0.15) is 6.10 Å². The Hall–Kier alpha value is -3.08. The lowest BCUT2D eigenvalue weighted by atomic mass is 9.98. The topological polar surface area (TPSA) is 209 Å². The van der Waals surface area contributed by atoms with E-state index in [1.165, 1.54) is 12.3 Å². The third-order valence-corrected chi connectivity index (χ3v) is 6.70. The van der Waals surface area contributed by atoms with Gasteiger partial charge in [-0.3, -0.25) is 29.4 Å². The molecule has 0 unspecified atom stereocenters. The van der Waals surface area contributed by atoms with Gasteiger partial charge in [0.25, 0.3) is 0 Å². The van der Waals surface area contributed by atoms with Crippen LogP contribution < -0.4 is 11.2 Å². The lowest BCUT2D eigenvalue weighted by molar-refractivity contribution is -0.163. The summed E-state index contributed by atoms with van der Waals surface area (Å²) < 4.78 is 55.8. The molecule has 3 heterocycles. The van der Waals surface area contributed by atoms with Crippen molar-refractivity contribution in [3.63, 3.8) is 0 Å². The molecule has 0 spiro atoms. The maximum Gasteiger partial charge on any atom is 0.509 e. The van der Waals surface area contributed by atoms with Crippen molar-refractivity contribution in [2.75, 3.05) is 25.7 Å². The number of hydrogen-bond donors (Lipinski definition) is 2. The van der Waals surface area contributed by atoms with Gasteiger partial charge in [0, 0.05) is 6.20 Å². The zero-order valence-corrected chi connectivity index (χ0v) is 23.6. The maximum absolute atomic E-state index is 13.3. The Kier molecular flexibility index (Phi) is 9.59. The summed E-state index contributed by atoms with van der Waals surface area (Å²) in [6, 6.07) is 1.26. The third-order valence-electron chi connectivity index (χ3n) is 5.39. The minimum absolute atomic E-state index is 0.134. The summed E-state index contributed by atoms with van der Waals surface area (Å²) in [7, 11) is -4.59. The Morgan fingerprint density at radius 3 is 2.05 bits per heavy atom. The number of carbonyl (C=O) groups excluding carboxylic acids is 3. The molecule has 0 radical (unpaired) electrons. The number of phosphoric ester groups is 1. The molecule has 17 nitrogen and oxygen atoms in total. The second-order valence-electron chi connectivity index (χ2n) is 10.7. The number of rotatable bonds is 11. The van der Waals surface area contributed by atoms with E-state index in [9.17, 15) is 23.7 Å². The predicted molar refractivity (Wildman–Crippen MR) is 130 cm³/mol. The minimum Gasteiger partial charge on any atom is -0.437 e. The molecule has 1 aromatic heterocycles. The van der Waals surface area contributed by atoms with Gasteiger partial charge in [-0.1, -0.05) is 0 Å². The number of aromatic nitrogens is 2. The fraction of sp³-hybridized carbons (Fsp3) is 0.682. The third kappa shape index (κ3) is 7.77. The first kappa shape index (κ1) is 31.4. The minimum atomic E-state index is -4.59. The molecular formula is C22H32N3O14P. The molecule has 2 saturated heterocycles. The molecule has 0 saturated carbocycles. The number of hydrogen-bond acceptors (Lipinski definition) is 16. The number of nitrogens with one attached hydrogen (secondary N) is 1. The van der Waals surface area contributed by atoms with Crippen LogP contribution in [0.4, 0.5) is 10.6 Å². The Bertz CT molecular complexity index is 1170. The van der Waals surface area contributed by atoms with Crippen LogP contribution in [0, 0.1) is 10.8 Å². The summed E-state index contributed by atoms with van der Waals surface area (Å²) >= 11 is 0. The van der Waals surface area contributed by atoms with Gasteiger partial charge in [0.2, 0.25) is 13.6 Å². The van der Waals surface area contributed by atoms with Gasteiger partial charge in [-0.2, -0.15) is 4.98 Å². The summed E-state index contributed by atoms with van der Waals surface area (Å²) in [4.78, 5) is 52.0. The highest BCUT2D eigenvalue weighted by molar-refractivity contribution is 7.48. The van der Waals surface area contributed by atoms with Crippen LogP contribution in [-0.2, 0) is 51.4 Å². The van der Waals surface area contributed by atoms with Crippen LogP contribution in [0.25, 0.3) is 0 Å². The highest BCUT2D eigenvalue weighted by atomic mass is 31.2. The van der Waals surface area contributed by atoms with Crippen molar-refractivity contribution in [3.8, 4) is 0 Å². The standard InChI is InChI=1S/C22H32N3O14P/c1-21(2,3)17(26)32-10-35-40(31,36-11-33-18(27)22(4,5)6)34-9-12-14-15(39-20(29)38-14)16(37-12)25-8-7-13(24-30)23-19(25)28/h7-8,12,14-16,30H,9-11H2,1-6H3,(H,23,24,28)/t12-,14-,15-,16-/m1/s1. The van der Waals surface area contributed by atoms with E-state index in [2.05, 4.69) is 4.98 Å². The molecule has 40 heavy (non-hydrogen) atoms. The van der Waals surface area contributed by atoms with Crippen molar-refractivity contribution in [2.24, 2.45) is 10.8 Å². The Morgan fingerprint density at radius 2 is 1.55 bits per heavy atom. The van der Waals surface area contributed by atoms with Crippen molar-refractivity contribution >= 4 is 31.7 Å². The number of carbonyl (C=O) groups is 3. The lowest BCUT2D eigenvalue weighted by Gasteiger charge is -2.23. The van der Waals surface area contributed by atoms with Crippen LogP contribution in [-0.4, -0.2) is 71.4 Å². The summed E-state index contributed by atoms with van der Waals surface area (Å²) in [5, 5.41) is 8.95. The molecule has 2 aliphatic rings. The van der Waals surface area contributed by atoms with Gasteiger partial charge in [-0.05, 0) is 47.6 Å². The van der Waals surface area contributed by atoms with E-state index in [1.807, 2.05) is 0 Å². The molecule has 0 amide bonds. The summed E-state index contributed by atoms with van der Waals surface area (Å²) in [6.07, 6.45) is -4.41. The Balaban J connectivity index is 1.72. The zero-order chi connectivity index (χ0) is 29.9. The van der Waals surface area contributed by atoms with Gasteiger partial charge in [-0.25, -0.2) is 23.2 Å². The predicted octanol–water partition coefficient (Wildman–Crippen LogP) is 2.10. The highest BCUT2D eigenvalue weighted by Crippen LogP contribution is 2.50. The first-order chi connectivity index (χ1) is 18.5. The summed E-state index contributed by atoms with van der Waals surface area (Å²) in [5.41, 5.74) is -0.894. The van der Waals surface area contributed by atoms with Crippen LogP contribution in [0.15, 0.2) is 17.1 Å². The molecule has 3 rings (SSSR count). The van der Waals surface area contributed by atoms with E-state index in [0.717, 1.165) is 4.57 Å². The first-order valence-corrected chi connectivity index (χ1v) is 13.4. The van der Waals surface area contributed by atoms with Gasteiger partial charge in [0.05, 0.1) is 17.4 Å². The summed E-state index contributed by atoms with van der Waals surface area (Å²) in [6.45, 7) is 7.32. The van der Waals surface area contributed by atoms with Crippen LogP contribution in [0.3, 0.4) is 0 Å². The SMILES string of the molecule is CC(C)(C)C(=O)OCOP(=O)(OCOC(=O)C(C)(C)C)OC[C@H]1O[C@@H](n2ccc(NO)nc2=O)[C@@H]2OC(=O)O[C@@H]21. The lowest BCUT2D eigenvalue weighted by Crippen LogP contribution is -2.34. The van der Waals surface area contributed by atoms with Gasteiger partial charge in [0.15, 0.2) is 24.3 Å². The maximum atomic E-state index is 13.3. The molecule has 2 fully saturated rings. The molecule has 4 atom stereocenters. The smallest absolute Gasteiger partial charge is 0.437 e. The second-order valence-corrected chi connectivity index (χ2v) is 12.4. The summed E-state index contributed by atoms with van der Waals surface area (Å²) in [5.74, 6) is -1.47. The fourth-order valence-corrected chi connectivity index (χ4v) is 4.17. The molecule has 2 N–H and O–H groups in total. The molecule has 224 valence electrons. The van der Waals surface area contributed by atoms with Crippen molar-refractivity contribution in [2.45, 2.75) is 66.1 Å². The van der Waals surface area contributed by atoms with Crippen LogP contribution in [0.5, 0.6) is 0 Å². The van der Waals surface area contributed by atoms with E-state index >= 15 is 0 Å². The number of fused-ring (bicyclic) bond motifs is 1. The fourth-order valence-electron chi connectivity index (χ4n) is 3.25. The first-order valence-electron chi connectivity index (χ1n) is 11.9. The Labute approximate surface area is 228 Å². The number of esters is 2. The molecular weight excluding hydrogens is 561 g/mol. The zero-order valence-electron chi connectivity index (χ0n) is 22.7. The average Bonchev–Trinajstić information content (AvgIpc) is 3.39. The van der Waals surface area contributed by atoms with Crippen LogP contribution in [0.1, 0.15) is 47.8 Å². The number of ether oxygens (including phenoxy) is 5. The van der Waals surface area contributed by atoms with E-state index in [4.69, 9.17) is 42.5 Å². The molecule has 0 bridgehead atoms. The van der Waals surface area contributed by atoms with E-state index in [1.54, 1.807) is 47.0 Å². The molecule has 0 aliphatic carbocycles. The molecule has 18 heteroatoms. The largest absolute Gasteiger partial charge is 0.509 e. The van der Waals surface area contributed by atoms with Gasteiger partial charge >= 0.3 is 31.6 Å². The molecule has 1 aromatic rings. The Morgan fingerprint density at radius 1 is 1.00 bits per heavy atom. The van der Waals surface area contributed by atoms with E-state index in [-0.39, 0.29) is 5.82 Å². The quantitative estimate of drug-likeness (QED) is 0.124. The van der Waals surface area contributed by atoms with Crippen molar-refractivity contribution in [1.29, 1.82) is 0 Å². The van der Waals surface area contributed by atoms with Crippen molar-refractivity contribution in [3.05, 3.63) is 22.7 Å². The molecule has 0 aromatic carbocycles. The van der Waals surface area contributed by atoms with Crippen LogP contribution in [0.2, 0.25) is 0 Å². The van der Waals surface area contributed by atoms with Crippen molar-refractivity contribution < 1.29 is 61.4 Å². The second kappa shape index (κ2) is 12.2. The highest BCUT2D eigenvalue weighted by Gasteiger charge is 2.56. The van der Waals surface area contributed by atoms with E-state index in [0.29, 0.717) is 0 Å². The van der Waals surface area contributed by atoms with Gasteiger partial charge in [-0.15, -0.1) is 0 Å². The van der Waals surface area contributed by atoms with Crippen LogP contribution >= 0.6 is 7.82 Å². The van der Waals surface area contributed by atoms with Crippen molar-refractivity contribution in [1.82, 2.24) is 9.55 Å². The average molecular weight is 593 g/mol. The molecule has 2 aliphatic heterocycles.